The molecule has 0 spiro atoms. The molecule has 1 N–H and O–H groups in total. The maximum atomic E-state index is 14.5. The van der Waals surface area contributed by atoms with E-state index in [0.717, 1.165) is 0 Å². The number of methoxy groups -OCH3 is 1. The highest BCUT2D eigenvalue weighted by atomic mass is 16.8. The summed E-state index contributed by atoms with van der Waals surface area (Å²) in [6, 6.07) is -0.249. The molecule has 5 saturated heterocycles. The van der Waals surface area contributed by atoms with Gasteiger partial charge < -0.3 is 57.4 Å². The highest BCUT2D eigenvalue weighted by Gasteiger charge is 2.67. The summed E-state index contributed by atoms with van der Waals surface area (Å²) in [5.74, 6) is -5.88. The first kappa shape index (κ1) is 44.0. The summed E-state index contributed by atoms with van der Waals surface area (Å²) in [5.41, 5.74) is -3.27. The Bertz CT molecular complexity index is 1400. The molecule has 15 nitrogen and oxygen atoms in total. The molecular weight excluding hydrogens is 718 g/mol. The van der Waals surface area contributed by atoms with Crippen LogP contribution in [0.3, 0.4) is 0 Å². The summed E-state index contributed by atoms with van der Waals surface area (Å²) >= 11 is 0. The van der Waals surface area contributed by atoms with Crippen LogP contribution in [0.25, 0.3) is 0 Å². The van der Waals surface area contributed by atoms with Crippen molar-refractivity contribution < 1.29 is 66.9 Å². The van der Waals surface area contributed by atoms with Gasteiger partial charge in [-0.2, -0.15) is 0 Å². The molecule has 0 radical (unpaired) electrons. The Labute approximate surface area is 326 Å². The predicted molar refractivity (Wildman–Crippen MR) is 196 cm³/mol. The van der Waals surface area contributed by atoms with E-state index in [0.29, 0.717) is 25.7 Å². The fraction of sp³-hybridized carbons (Fsp3) is 0.925. The number of hydrogen-bond donors (Lipinski definition) is 1. The van der Waals surface area contributed by atoms with Crippen molar-refractivity contribution in [1.82, 2.24) is 4.90 Å². The summed E-state index contributed by atoms with van der Waals surface area (Å²) in [6.45, 7) is 19.9. The molecule has 5 rings (SSSR count). The standard InChI is InChI=1S/C40H67NO14/c1-15-28-39(11)33(53-36(44)54-39)25(7)40(45)20(2)17-38(10,55-40)32(52-35-31(49-26(8)42)27(41(12)13)16-21(3)48-35)23(5)30(24(6)34(43)50-28)51-29-19-37(9,46-14)18-22(4)47-29/h20-25,27-33,35,45H,15-19H2,1-14H3/t20-,21-,22+,23+,24-,25-,27+,28-,29+,30+,31-,32-,33-,35+,37+,38-,39-,40-/m1/s1. The highest BCUT2D eigenvalue weighted by Crippen LogP contribution is 2.53. The van der Waals surface area contributed by atoms with Gasteiger partial charge in [0.2, 0.25) is 0 Å². The second kappa shape index (κ2) is 16.3. The molecule has 0 saturated carbocycles. The van der Waals surface area contributed by atoms with Crippen LogP contribution in [0.4, 0.5) is 4.79 Å². The molecule has 5 aliphatic heterocycles. The molecule has 316 valence electrons. The molecule has 5 aliphatic rings. The fourth-order valence-electron chi connectivity index (χ4n) is 10.1. The molecule has 0 amide bonds. The van der Waals surface area contributed by atoms with E-state index in [1.165, 1.54) is 6.92 Å². The van der Waals surface area contributed by atoms with Crippen LogP contribution < -0.4 is 0 Å². The maximum Gasteiger partial charge on any atom is 0.509 e. The van der Waals surface area contributed by atoms with E-state index in [4.69, 9.17) is 47.4 Å². The van der Waals surface area contributed by atoms with E-state index in [2.05, 4.69) is 0 Å². The minimum Gasteiger partial charge on any atom is -0.458 e. The van der Waals surface area contributed by atoms with Crippen LogP contribution in [0, 0.1) is 23.7 Å². The summed E-state index contributed by atoms with van der Waals surface area (Å²) in [6.07, 6.45) is -5.73. The average molecular weight is 786 g/mol. The number of nitrogens with zero attached hydrogens (tertiary/aromatic N) is 1. The van der Waals surface area contributed by atoms with Gasteiger partial charge in [0.15, 0.2) is 36.2 Å². The van der Waals surface area contributed by atoms with Gasteiger partial charge in [-0.3, -0.25) is 9.59 Å². The Morgan fingerprint density at radius 2 is 1.60 bits per heavy atom. The minimum absolute atomic E-state index is 0.209. The van der Waals surface area contributed by atoms with Crippen molar-refractivity contribution in [3.05, 3.63) is 0 Å². The van der Waals surface area contributed by atoms with Crippen molar-refractivity contribution in [2.45, 2.75) is 192 Å². The monoisotopic (exact) mass is 785 g/mol. The summed E-state index contributed by atoms with van der Waals surface area (Å²) in [5, 5.41) is 12.7. The number of carbonyl (C=O) groups is 3. The lowest BCUT2D eigenvalue weighted by atomic mass is 9.75. The largest absolute Gasteiger partial charge is 0.509 e. The Morgan fingerprint density at radius 3 is 2.20 bits per heavy atom. The summed E-state index contributed by atoms with van der Waals surface area (Å²) in [4.78, 5) is 41.9. The molecule has 5 fully saturated rings. The van der Waals surface area contributed by atoms with Gasteiger partial charge in [0.05, 0.1) is 53.5 Å². The van der Waals surface area contributed by atoms with Crippen LogP contribution in [-0.2, 0) is 57.0 Å². The molecule has 0 aromatic heterocycles. The summed E-state index contributed by atoms with van der Waals surface area (Å²) < 4.78 is 63.4. The quantitative estimate of drug-likeness (QED) is 0.265. The predicted octanol–water partition coefficient (Wildman–Crippen LogP) is 4.73. The lowest BCUT2D eigenvalue weighted by molar-refractivity contribution is -0.335. The second-order valence-corrected chi connectivity index (χ2v) is 17.9. The number of cyclic esters (lactones) is 1. The van der Waals surface area contributed by atoms with E-state index in [9.17, 15) is 19.5 Å². The van der Waals surface area contributed by atoms with Crippen LogP contribution in [0.15, 0.2) is 0 Å². The van der Waals surface area contributed by atoms with E-state index in [1.54, 1.807) is 27.9 Å². The lowest BCUT2D eigenvalue weighted by Crippen LogP contribution is -2.61. The van der Waals surface area contributed by atoms with Crippen molar-refractivity contribution in [2.24, 2.45) is 23.7 Å². The number of esters is 2. The normalized spacial score (nSPS) is 49.5. The highest BCUT2D eigenvalue weighted by molar-refractivity contribution is 5.73. The Hall–Kier alpha value is -2.11. The van der Waals surface area contributed by atoms with Crippen LogP contribution in [0.1, 0.15) is 108 Å². The number of aliphatic hydroxyl groups is 1. The molecule has 18 atom stereocenters. The van der Waals surface area contributed by atoms with Crippen molar-refractivity contribution in [3.63, 3.8) is 0 Å². The van der Waals surface area contributed by atoms with Gasteiger partial charge in [0.1, 0.15) is 6.10 Å². The number of fused-ring (bicyclic) bond motifs is 3. The fourth-order valence-corrected chi connectivity index (χ4v) is 10.1. The third-order valence-electron chi connectivity index (χ3n) is 13.1. The summed E-state index contributed by atoms with van der Waals surface area (Å²) in [7, 11) is 5.48. The van der Waals surface area contributed by atoms with Crippen LogP contribution >= 0.6 is 0 Å². The molecule has 0 unspecified atom stereocenters. The van der Waals surface area contributed by atoms with Gasteiger partial charge >= 0.3 is 18.1 Å². The van der Waals surface area contributed by atoms with Crippen LogP contribution in [-0.4, -0.2) is 133 Å². The first-order valence-electron chi connectivity index (χ1n) is 20.0. The van der Waals surface area contributed by atoms with E-state index in [1.807, 2.05) is 67.5 Å². The zero-order chi connectivity index (χ0) is 41.0. The Kier molecular flexibility index (Phi) is 13.0. The third-order valence-corrected chi connectivity index (χ3v) is 13.1. The number of rotatable bonds is 8. The number of likely N-dealkylation sites (N-methyl/N-ethyl adjacent to an activating group) is 1. The Balaban J connectivity index is 1.66. The number of ether oxygens (including phenoxy) is 10. The molecule has 5 heterocycles. The van der Waals surface area contributed by atoms with E-state index in [-0.39, 0.29) is 24.7 Å². The van der Waals surface area contributed by atoms with Gasteiger partial charge in [0.25, 0.3) is 0 Å². The van der Waals surface area contributed by atoms with Gasteiger partial charge in [-0.15, -0.1) is 0 Å². The SMILES string of the molecule is CC[C@H]1OC(=O)[C@H](C)[C@@H](O[C@H]2C[C@@](C)(OC)C[C@H](C)O2)[C@H](C)[C@@H](O[C@@H]2O[C@H](C)C[C@H](N(C)C)[C@H]2OC(C)=O)[C@@]2(C)C[C@@H](C)[C@@](O)(O2)[C@H](C)[C@H]2OC(=O)O[C@@]21C. The van der Waals surface area contributed by atoms with Crippen LogP contribution in [0.5, 0.6) is 0 Å². The van der Waals surface area contributed by atoms with Gasteiger partial charge in [-0.05, 0) is 74.9 Å². The lowest BCUT2D eigenvalue weighted by Gasteiger charge is -2.48. The molecule has 15 heteroatoms. The van der Waals surface area contributed by atoms with Gasteiger partial charge in [-0.25, -0.2) is 4.79 Å². The molecule has 0 aliphatic carbocycles. The Morgan fingerprint density at radius 1 is 0.927 bits per heavy atom. The number of carbonyl (C=O) groups excluding carboxylic acids is 3. The topological polar surface area (TPSA) is 167 Å². The van der Waals surface area contributed by atoms with Gasteiger partial charge in [-0.1, -0.05) is 27.7 Å². The smallest absolute Gasteiger partial charge is 0.458 e. The second-order valence-electron chi connectivity index (χ2n) is 17.9. The minimum atomic E-state index is -1.86. The third kappa shape index (κ3) is 8.55. The molecule has 0 aromatic carbocycles. The first-order valence-corrected chi connectivity index (χ1v) is 20.0. The molecule has 2 bridgehead atoms. The van der Waals surface area contributed by atoms with Gasteiger partial charge in [0, 0.05) is 38.7 Å². The van der Waals surface area contributed by atoms with Crippen molar-refractivity contribution in [1.29, 1.82) is 0 Å². The zero-order valence-electron chi connectivity index (χ0n) is 35.3. The number of hydrogen-bond acceptors (Lipinski definition) is 15. The van der Waals surface area contributed by atoms with Crippen molar-refractivity contribution in [3.8, 4) is 0 Å². The maximum absolute atomic E-state index is 14.5. The average Bonchev–Trinajstić information content (AvgIpc) is 3.54. The molecule has 0 aromatic rings. The molecule has 55 heavy (non-hydrogen) atoms. The van der Waals surface area contributed by atoms with Crippen molar-refractivity contribution >= 4 is 18.1 Å². The van der Waals surface area contributed by atoms with E-state index < -0.39 is 107 Å². The van der Waals surface area contributed by atoms with Crippen molar-refractivity contribution in [2.75, 3.05) is 21.2 Å². The molecular formula is C40H67NO14. The van der Waals surface area contributed by atoms with Crippen LogP contribution in [0.2, 0.25) is 0 Å². The zero-order valence-corrected chi connectivity index (χ0v) is 35.3. The first-order chi connectivity index (χ1) is 25.5. The van der Waals surface area contributed by atoms with E-state index >= 15 is 0 Å².